The van der Waals surface area contributed by atoms with Gasteiger partial charge >= 0.3 is 42.4 Å². The van der Waals surface area contributed by atoms with E-state index in [-0.39, 0.29) is 63.7 Å². The van der Waals surface area contributed by atoms with E-state index >= 15 is 14.4 Å². The normalized spacial score (nSPS) is 25.2. The molecule has 1 aliphatic carbocycles. The van der Waals surface area contributed by atoms with Crippen LogP contribution in [0.1, 0.15) is 107 Å². The predicted molar refractivity (Wildman–Crippen MR) is 516 cm³/mol. The first-order valence-corrected chi connectivity index (χ1v) is 52.1. The van der Waals surface area contributed by atoms with E-state index in [1.54, 1.807) is 134 Å². The number of esters is 2. The highest BCUT2D eigenvalue weighted by Gasteiger charge is 2.64. The van der Waals surface area contributed by atoms with Gasteiger partial charge in [-0.3, -0.25) is 18.7 Å². The van der Waals surface area contributed by atoms with Crippen LogP contribution < -0.4 is 42.0 Å². The summed E-state index contributed by atoms with van der Waals surface area (Å²) < 4.78 is 139. The molecule has 34 heteroatoms. The second-order valence-corrected chi connectivity index (χ2v) is 47.2. The molecule has 0 aromatic heterocycles. The number of alkyl carbamates (subject to hydrolysis) is 4. The van der Waals surface area contributed by atoms with Gasteiger partial charge in [-0.1, -0.05) is 325 Å². The molecule has 5 amide bonds. The van der Waals surface area contributed by atoms with E-state index < -0.39 is 202 Å². The molecule has 10 aromatic carbocycles. The Bertz CT molecular complexity index is 5850. The Hall–Kier alpha value is -12.5. The first-order valence-electron chi connectivity index (χ1n) is 46.9. The van der Waals surface area contributed by atoms with E-state index in [0.29, 0.717) is 38.2 Å². The minimum Gasteiger partial charge on any atom is -0.460 e. The maximum absolute atomic E-state index is 15.3. The van der Waals surface area contributed by atoms with Crippen LogP contribution in [-0.2, 0) is 121 Å². The summed E-state index contributed by atoms with van der Waals surface area (Å²) in [4.78, 5) is 119. The lowest BCUT2D eigenvalue weighted by atomic mass is 9.83. The zero-order valence-corrected chi connectivity index (χ0v) is 81.7. The summed E-state index contributed by atoms with van der Waals surface area (Å²) in [7, 11) is -12.7. The number of nitrogens with one attached hydrogen (secondary N) is 4. The third-order valence-electron chi connectivity index (χ3n) is 26.3. The molecule has 31 nitrogen and oxygen atoms in total. The smallest absolute Gasteiger partial charge is 0.412 e. The van der Waals surface area contributed by atoms with Gasteiger partial charge in [0, 0.05) is 31.7 Å². The molecule has 16 rings (SSSR count). The zero-order chi connectivity index (χ0) is 98.3. The van der Waals surface area contributed by atoms with Gasteiger partial charge < -0.3 is 96.8 Å². The standard InChI is InChI=1S/C106H117N5O26SSi2/c1-68-54-56-77(57-55-68)138(119,120)126-66-76-58-85(128-69(2)112)88(109-101(115)123-63-72-38-20-10-21-39-72)98(130-76)135-91-83(107-100(114)122-62-71-36-18-9-19-37-71)59-84-92(137-103(117)108-84)95(91)136-97-82(60-106(7,8)139(121,78-46-28-14-29-47-78)79-48-30-15-31-49-79)90(87(132-97)67-127-140(105(4,5)6,80-50-32-16-33-51-80)81-52-34-17-35-53-81)134-99-89(110-102(116)124-64-73-40-22-11-23-41-73)94(129-70(3)113)93-86(131-99)61-111(96(133-93)75-44-26-13-27-45-75)104(118)125-65-74-42-24-12-25-43-74/h9-57,76,82-99,121H,58-67H2,1-8H3,(H,107,114)(H,108,117)(H,109,115)(H,110,116)/t76-,82+,83-,84+,85+,86-,87+,88+,89+,90-,91+,92-,93+,94+,95-,96?,97-,98+,99+/m0/s1. The van der Waals surface area contributed by atoms with Crippen molar-refractivity contribution in [1.82, 2.24) is 26.2 Å². The second-order valence-electron chi connectivity index (χ2n) is 37.4. The fourth-order valence-corrected chi connectivity index (χ4v) is 28.9. The Balaban J connectivity index is 0.883. The lowest BCUT2D eigenvalue weighted by Crippen LogP contribution is -2.70. The monoisotopic (exact) mass is 1960 g/mol. The Morgan fingerprint density at radius 1 is 0.479 bits per heavy atom. The molecular formula is C106H117N5O26SSi2. The summed E-state index contributed by atoms with van der Waals surface area (Å²) in [6.07, 6.45) is -27.4. The Morgan fingerprint density at radius 2 is 0.929 bits per heavy atom. The number of nitrogens with zero attached hydrogens (tertiary/aromatic N) is 1. The van der Waals surface area contributed by atoms with Crippen LogP contribution in [0.3, 0.4) is 0 Å². The molecule has 0 radical (unpaired) electrons. The fourth-order valence-electron chi connectivity index (χ4n) is 19.6. The fraction of sp³-hybridized carbons (Fsp3) is 0.368. The maximum Gasteiger partial charge on any atom is 0.412 e. The third-order valence-corrected chi connectivity index (χ3v) is 37.1. The number of carbonyl (C=O) groups excluding carboxylic acids is 7. The van der Waals surface area contributed by atoms with Gasteiger partial charge in [0.05, 0.1) is 48.9 Å². The molecule has 1 unspecified atom stereocenters. The molecule has 10 aromatic rings. The van der Waals surface area contributed by atoms with E-state index in [1.165, 1.54) is 24.0 Å². The van der Waals surface area contributed by atoms with E-state index in [1.807, 2.05) is 172 Å². The summed E-state index contributed by atoms with van der Waals surface area (Å²) in [5.41, 5.74) is 3.76. The van der Waals surface area contributed by atoms with Crippen LogP contribution in [-0.4, -0.2) is 201 Å². The van der Waals surface area contributed by atoms with Crippen molar-refractivity contribution < 1.29 is 122 Å². The van der Waals surface area contributed by atoms with E-state index in [9.17, 15) is 32.4 Å². The molecule has 0 bridgehead atoms. The van der Waals surface area contributed by atoms with Gasteiger partial charge in [-0.2, -0.15) is 8.42 Å². The van der Waals surface area contributed by atoms with Crippen molar-refractivity contribution in [3.05, 3.63) is 331 Å². The SMILES string of the molecule is CC(=O)O[C@@H]1[C@@H](NC(=O)OCc2ccccc2)[C@@H](O[C@H]2[C@@H](CC(C)(C)[Si](O)(c3ccccc3)c3ccccc3)[C@H](O[C@@H]3[C@H]4OC(=O)N[C@@H]4C[C@H](NC(=O)OCc4ccccc4)[C@H]3O[C@H]3O[C@H](COS(=O)(=O)c4ccc(C)cc4)C[C@@H](OC(C)=O)[C@H]3NC(=O)OCc3ccccc3)O[C@@H]2CO[Si](c2ccccc2)(c2ccccc2)C(C)(C)C)O[C@H]2CN(C(=O)OCc3ccccc3)C(c3ccccc3)O[C@@H]12. The summed E-state index contributed by atoms with van der Waals surface area (Å²) in [6, 6.07) is 83.0. The van der Waals surface area contributed by atoms with Crippen LogP contribution in [0.4, 0.5) is 24.0 Å². The van der Waals surface area contributed by atoms with Gasteiger partial charge in [-0.15, -0.1) is 0 Å². The lowest BCUT2D eigenvalue weighted by Gasteiger charge is -2.52. The highest BCUT2D eigenvalue weighted by atomic mass is 32.2. The Morgan fingerprint density at radius 3 is 1.43 bits per heavy atom. The number of rotatable bonds is 34. The number of amides is 5. The summed E-state index contributed by atoms with van der Waals surface area (Å²) in [6.45, 7) is 11.9. The number of benzene rings is 10. The van der Waals surface area contributed by atoms with Gasteiger partial charge in [0.15, 0.2) is 37.3 Å². The molecule has 140 heavy (non-hydrogen) atoms. The first kappa shape index (κ1) is 100. The number of aryl methyl sites for hydroxylation is 1. The van der Waals surface area contributed by atoms with Crippen molar-refractivity contribution in [2.45, 2.75) is 226 Å². The topological polar surface area (TPSA) is 373 Å². The van der Waals surface area contributed by atoms with Crippen LogP contribution in [0.15, 0.2) is 302 Å². The van der Waals surface area contributed by atoms with Crippen molar-refractivity contribution in [2.24, 2.45) is 5.92 Å². The maximum atomic E-state index is 15.3. The molecule has 5 heterocycles. The van der Waals surface area contributed by atoms with Crippen LogP contribution in [0.25, 0.3) is 0 Å². The molecule has 6 fully saturated rings. The van der Waals surface area contributed by atoms with Crippen LogP contribution in [0.5, 0.6) is 0 Å². The van der Waals surface area contributed by atoms with Crippen molar-refractivity contribution in [1.29, 1.82) is 0 Å². The zero-order valence-electron chi connectivity index (χ0n) is 78.8. The molecule has 19 atom stereocenters. The largest absolute Gasteiger partial charge is 0.460 e. The van der Waals surface area contributed by atoms with Gasteiger partial charge in [0.1, 0.15) is 75.1 Å². The van der Waals surface area contributed by atoms with Gasteiger partial charge in [-0.25, -0.2) is 24.0 Å². The molecular weight excluding hydrogens is 1850 g/mol. The first-order chi connectivity index (χ1) is 67.5. The molecule has 6 aliphatic rings. The van der Waals surface area contributed by atoms with E-state index in [4.69, 9.17) is 74.9 Å². The van der Waals surface area contributed by atoms with Crippen LogP contribution in [0, 0.1) is 12.8 Å². The van der Waals surface area contributed by atoms with E-state index in [0.717, 1.165) is 22.9 Å². The molecule has 5 N–H and O–H groups in total. The molecule has 0 spiro atoms. The second kappa shape index (κ2) is 44.9. The molecule has 5 saturated heterocycles. The summed E-state index contributed by atoms with van der Waals surface area (Å²) in [5, 5.41) is 12.6. The van der Waals surface area contributed by atoms with E-state index in [2.05, 4.69) is 42.0 Å². The van der Waals surface area contributed by atoms with Gasteiger partial charge in [0.25, 0.3) is 26.8 Å². The van der Waals surface area contributed by atoms with Gasteiger partial charge in [-0.05, 0) is 85.0 Å². The highest BCUT2D eigenvalue weighted by Crippen LogP contribution is 2.51. The average molecular weight is 1970 g/mol. The molecule has 736 valence electrons. The number of ether oxygens (including phenoxy) is 14. The van der Waals surface area contributed by atoms with Crippen LogP contribution in [0.2, 0.25) is 10.1 Å². The third kappa shape index (κ3) is 23.7. The minimum absolute atomic E-state index is 0.154. The lowest BCUT2D eigenvalue weighted by molar-refractivity contribution is -0.322. The van der Waals surface area contributed by atoms with Crippen LogP contribution >= 0.6 is 0 Å². The Kier molecular flexibility index (Phi) is 32.3. The molecule has 1 saturated carbocycles. The average Bonchev–Trinajstić information content (AvgIpc) is 1.38. The minimum atomic E-state index is -4.58. The van der Waals surface area contributed by atoms with Crippen molar-refractivity contribution in [2.75, 3.05) is 19.8 Å². The number of fused-ring (bicyclic) bond motifs is 2. The van der Waals surface area contributed by atoms with Gasteiger partial charge in [0.2, 0.25) is 0 Å². The highest BCUT2D eigenvalue weighted by molar-refractivity contribution is 7.86. The Labute approximate surface area is 815 Å². The number of hydrogen-bond donors (Lipinski definition) is 5. The van der Waals surface area contributed by atoms with Crippen molar-refractivity contribution in [3.8, 4) is 0 Å². The summed E-state index contributed by atoms with van der Waals surface area (Å²) in [5.74, 6) is -3.00. The summed E-state index contributed by atoms with van der Waals surface area (Å²) >= 11 is 0. The van der Waals surface area contributed by atoms with Crippen molar-refractivity contribution in [3.63, 3.8) is 0 Å². The predicted octanol–water partition coefficient (Wildman–Crippen LogP) is 12.9. The number of carbonyl (C=O) groups is 7. The van der Waals surface area contributed by atoms with Crippen molar-refractivity contribution >= 4 is 89.9 Å². The quantitative estimate of drug-likeness (QED) is 0.0108. The molecule has 5 aliphatic heterocycles. The number of hydrogen-bond acceptors (Lipinski definition) is 26.